The first kappa shape index (κ1) is 8.32. The van der Waals surface area contributed by atoms with Crippen molar-refractivity contribution in [2.24, 2.45) is 0 Å². The summed E-state index contributed by atoms with van der Waals surface area (Å²) in [7, 11) is 0. The molecule has 0 fully saturated rings. The molecule has 1 aromatic carbocycles. The lowest BCUT2D eigenvalue weighted by Gasteiger charge is -2.00. The second-order valence-electron chi connectivity index (χ2n) is 2.92. The molecule has 0 amide bonds. The van der Waals surface area contributed by atoms with E-state index in [1.165, 1.54) is 6.92 Å². The van der Waals surface area contributed by atoms with Gasteiger partial charge < -0.3 is 4.98 Å². The lowest BCUT2D eigenvalue weighted by Crippen LogP contribution is -1.92. The van der Waals surface area contributed by atoms with Gasteiger partial charge in [-0.3, -0.25) is 4.79 Å². The summed E-state index contributed by atoms with van der Waals surface area (Å²) in [6, 6.07) is 5.46. The fraction of sp³-hybridized carbons (Fsp3) is 0.100. The quantitative estimate of drug-likeness (QED) is 0.694. The van der Waals surface area contributed by atoms with E-state index in [4.69, 9.17) is 11.6 Å². The highest BCUT2D eigenvalue weighted by Crippen LogP contribution is 2.26. The van der Waals surface area contributed by atoms with Gasteiger partial charge in [0, 0.05) is 22.7 Å². The van der Waals surface area contributed by atoms with E-state index >= 15 is 0 Å². The molecule has 0 radical (unpaired) electrons. The smallest absolute Gasteiger partial charge is 0.161 e. The molecule has 0 saturated carbocycles. The highest BCUT2D eigenvalue weighted by atomic mass is 35.5. The van der Waals surface area contributed by atoms with Crippen molar-refractivity contribution in [1.82, 2.24) is 4.98 Å². The van der Waals surface area contributed by atoms with Crippen LogP contribution in [-0.2, 0) is 0 Å². The maximum atomic E-state index is 11.1. The first-order valence-electron chi connectivity index (χ1n) is 3.96. The van der Waals surface area contributed by atoms with Gasteiger partial charge in [0.2, 0.25) is 0 Å². The highest BCUT2D eigenvalue weighted by Gasteiger charge is 2.08. The molecular weight excluding hydrogens is 186 g/mol. The van der Waals surface area contributed by atoms with Crippen molar-refractivity contribution < 1.29 is 4.79 Å². The summed E-state index contributed by atoms with van der Waals surface area (Å²) in [5, 5.41) is 1.43. The van der Waals surface area contributed by atoms with Crippen LogP contribution >= 0.6 is 11.6 Å². The number of rotatable bonds is 1. The van der Waals surface area contributed by atoms with Gasteiger partial charge in [-0.05, 0) is 25.1 Å². The van der Waals surface area contributed by atoms with Gasteiger partial charge in [-0.2, -0.15) is 0 Å². The van der Waals surface area contributed by atoms with Crippen molar-refractivity contribution in [3.05, 3.63) is 35.0 Å². The second kappa shape index (κ2) is 2.89. The third kappa shape index (κ3) is 1.23. The SMILES string of the molecule is CC(=O)c1ccc2[nH]ccc2c1Cl. The molecule has 0 aliphatic heterocycles. The van der Waals surface area contributed by atoms with Crippen LogP contribution in [0, 0.1) is 0 Å². The maximum Gasteiger partial charge on any atom is 0.161 e. The van der Waals surface area contributed by atoms with Gasteiger partial charge in [0.15, 0.2) is 5.78 Å². The molecule has 0 bridgehead atoms. The van der Waals surface area contributed by atoms with Crippen LogP contribution in [0.25, 0.3) is 10.9 Å². The Bertz CT molecular complexity index is 473. The van der Waals surface area contributed by atoms with Crippen LogP contribution < -0.4 is 0 Å². The number of hydrogen-bond acceptors (Lipinski definition) is 1. The Kier molecular flexibility index (Phi) is 1.85. The van der Waals surface area contributed by atoms with Gasteiger partial charge in [-0.1, -0.05) is 11.6 Å². The first-order valence-corrected chi connectivity index (χ1v) is 4.34. The van der Waals surface area contributed by atoms with E-state index in [2.05, 4.69) is 4.98 Å². The molecule has 1 N–H and O–H groups in total. The van der Waals surface area contributed by atoms with Crippen LogP contribution in [-0.4, -0.2) is 10.8 Å². The minimum Gasteiger partial charge on any atom is -0.361 e. The summed E-state index contributed by atoms with van der Waals surface area (Å²) >= 11 is 6.04. The Labute approximate surface area is 80.5 Å². The number of halogens is 1. The molecule has 1 aromatic heterocycles. The number of aromatic amines is 1. The topological polar surface area (TPSA) is 32.9 Å². The Hall–Kier alpha value is -1.28. The van der Waals surface area contributed by atoms with E-state index in [0.29, 0.717) is 10.6 Å². The number of benzene rings is 1. The number of hydrogen-bond donors (Lipinski definition) is 1. The third-order valence-corrected chi connectivity index (χ3v) is 2.46. The number of aromatic nitrogens is 1. The van der Waals surface area contributed by atoms with Crippen molar-refractivity contribution in [2.75, 3.05) is 0 Å². The van der Waals surface area contributed by atoms with Crippen LogP contribution in [0.15, 0.2) is 24.4 Å². The van der Waals surface area contributed by atoms with E-state index in [0.717, 1.165) is 10.9 Å². The fourth-order valence-corrected chi connectivity index (χ4v) is 1.73. The molecule has 0 aliphatic rings. The average Bonchev–Trinajstić information content (AvgIpc) is 2.52. The molecule has 0 unspecified atom stereocenters. The molecule has 66 valence electrons. The van der Waals surface area contributed by atoms with Crippen LogP contribution in [0.5, 0.6) is 0 Å². The van der Waals surface area contributed by atoms with Gasteiger partial charge in [-0.15, -0.1) is 0 Å². The first-order chi connectivity index (χ1) is 6.20. The molecular formula is C10H8ClNO. The molecule has 0 atom stereocenters. The molecule has 0 aliphatic carbocycles. The molecule has 3 heteroatoms. The Morgan fingerprint density at radius 1 is 1.38 bits per heavy atom. The van der Waals surface area contributed by atoms with Crippen molar-refractivity contribution in [2.45, 2.75) is 6.92 Å². The second-order valence-corrected chi connectivity index (χ2v) is 3.30. The number of ketones is 1. The van der Waals surface area contributed by atoms with Crippen LogP contribution in [0.4, 0.5) is 0 Å². The monoisotopic (exact) mass is 193 g/mol. The van der Waals surface area contributed by atoms with Gasteiger partial charge in [0.25, 0.3) is 0 Å². The lowest BCUT2D eigenvalue weighted by molar-refractivity contribution is 0.101. The van der Waals surface area contributed by atoms with Crippen molar-refractivity contribution >= 4 is 28.3 Å². The van der Waals surface area contributed by atoms with Crippen LogP contribution in [0.3, 0.4) is 0 Å². The number of carbonyl (C=O) groups is 1. The highest BCUT2D eigenvalue weighted by molar-refractivity contribution is 6.38. The van der Waals surface area contributed by atoms with Gasteiger partial charge in [0.1, 0.15) is 0 Å². The number of carbonyl (C=O) groups excluding carboxylic acids is 1. The summed E-state index contributed by atoms with van der Waals surface area (Å²) in [4.78, 5) is 14.2. The summed E-state index contributed by atoms with van der Waals surface area (Å²) in [6.45, 7) is 1.51. The summed E-state index contributed by atoms with van der Waals surface area (Å²) < 4.78 is 0. The third-order valence-electron chi connectivity index (χ3n) is 2.05. The molecule has 2 aromatic rings. The zero-order valence-corrected chi connectivity index (χ0v) is 7.85. The standard InChI is InChI=1S/C10H8ClNO/c1-6(13)7-2-3-9-8(10(7)11)4-5-12-9/h2-5,12H,1H3. The predicted octanol–water partition coefficient (Wildman–Crippen LogP) is 3.02. The molecule has 1 heterocycles. The molecule has 2 rings (SSSR count). The Balaban J connectivity index is 2.80. The van der Waals surface area contributed by atoms with E-state index in [1.54, 1.807) is 12.3 Å². The predicted molar refractivity (Wildman–Crippen MR) is 53.3 cm³/mol. The summed E-state index contributed by atoms with van der Waals surface area (Å²) in [5.41, 5.74) is 1.53. The van der Waals surface area contributed by atoms with Gasteiger partial charge in [0.05, 0.1) is 5.02 Å². The van der Waals surface area contributed by atoms with Gasteiger partial charge in [-0.25, -0.2) is 0 Å². The number of Topliss-reactive ketones (excluding diaryl/α,β-unsaturated/α-hetero) is 1. The van der Waals surface area contributed by atoms with Crippen molar-refractivity contribution in [1.29, 1.82) is 0 Å². The Morgan fingerprint density at radius 2 is 2.15 bits per heavy atom. The average molecular weight is 194 g/mol. The van der Waals surface area contributed by atoms with Gasteiger partial charge >= 0.3 is 0 Å². The van der Waals surface area contributed by atoms with Crippen molar-refractivity contribution in [3.63, 3.8) is 0 Å². The number of nitrogens with one attached hydrogen (secondary N) is 1. The van der Waals surface area contributed by atoms with Crippen LogP contribution in [0.2, 0.25) is 5.02 Å². The van der Waals surface area contributed by atoms with E-state index in [-0.39, 0.29) is 5.78 Å². The molecule has 0 saturated heterocycles. The summed E-state index contributed by atoms with van der Waals surface area (Å²) in [6.07, 6.45) is 1.81. The van der Waals surface area contributed by atoms with Crippen molar-refractivity contribution in [3.8, 4) is 0 Å². The zero-order valence-electron chi connectivity index (χ0n) is 7.10. The molecule has 0 spiro atoms. The minimum atomic E-state index is -0.00639. The Morgan fingerprint density at radius 3 is 2.85 bits per heavy atom. The van der Waals surface area contributed by atoms with Crippen LogP contribution in [0.1, 0.15) is 17.3 Å². The number of fused-ring (bicyclic) bond motifs is 1. The molecule has 2 nitrogen and oxygen atoms in total. The lowest BCUT2D eigenvalue weighted by atomic mass is 10.1. The largest absolute Gasteiger partial charge is 0.361 e. The zero-order chi connectivity index (χ0) is 9.42. The number of H-pyrrole nitrogens is 1. The normalized spacial score (nSPS) is 10.6. The summed E-state index contributed by atoms with van der Waals surface area (Å²) in [5.74, 6) is -0.00639. The fourth-order valence-electron chi connectivity index (χ4n) is 1.37. The van der Waals surface area contributed by atoms with E-state index < -0.39 is 0 Å². The molecule has 13 heavy (non-hydrogen) atoms. The maximum absolute atomic E-state index is 11.1. The minimum absolute atomic E-state index is 0.00639. The van der Waals surface area contributed by atoms with E-state index in [9.17, 15) is 4.79 Å². The van der Waals surface area contributed by atoms with E-state index in [1.807, 2.05) is 12.1 Å².